The zero-order chi connectivity index (χ0) is 49.7. The lowest BCUT2D eigenvalue weighted by atomic mass is 9.83. The lowest BCUT2D eigenvalue weighted by Gasteiger charge is -2.29. The number of nitrogens with one attached hydrogen (secondary N) is 8. The van der Waals surface area contributed by atoms with E-state index in [0.717, 1.165) is 0 Å². The molecule has 22 nitrogen and oxygen atoms in total. The molecule has 0 unspecified atom stereocenters. The molecule has 0 fully saturated rings. The van der Waals surface area contributed by atoms with E-state index in [-0.39, 0.29) is 67.8 Å². The Morgan fingerprint density at radius 1 is 0.591 bits per heavy atom. The van der Waals surface area contributed by atoms with Crippen LogP contribution in [0, 0.1) is 16.7 Å². The fraction of sp³-hybridized carbons (Fsp3) is 0.545. The van der Waals surface area contributed by atoms with Crippen LogP contribution in [0.3, 0.4) is 0 Å². The van der Waals surface area contributed by atoms with Crippen LogP contribution in [-0.4, -0.2) is 141 Å². The average molecular weight is 929 g/mol. The van der Waals surface area contributed by atoms with Crippen molar-refractivity contribution in [2.24, 2.45) is 22.8 Å². The maximum Gasteiger partial charge on any atom is 0.245 e. The first-order valence-electron chi connectivity index (χ1n) is 21.6. The Bertz CT molecular complexity index is 1940. The van der Waals surface area contributed by atoms with Gasteiger partial charge in [0.05, 0.1) is 31.9 Å². The number of rotatable bonds is 27. The van der Waals surface area contributed by atoms with Gasteiger partial charge in [0.25, 0.3) is 0 Å². The van der Waals surface area contributed by atoms with Crippen molar-refractivity contribution in [2.75, 3.05) is 26.4 Å². The summed E-state index contributed by atoms with van der Waals surface area (Å²) in [6.45, 7) is 6.27. The number of Topliss-reactive ketones (excluding diaryl/α,β-unsaturated/α-hetero) is 1. The smallest absolute Gasteiger partial charge is 0.245 e. The molecule has 0 bridgehead atoms. The minimum atomic E-state index is -1.74. The van der Waals surface area contributed by atoms with E-state index in [1.165, 1.54) is 36.4 Å². The second-order valence-electron chi connectivity index (χ2n) is 17.3. The molecule has 2 aromatic carbocycles. The highest BCUT2D eigenvalue weighted by Gasteiger charge is 2.35. The number of benzene rings is 2. The Balaban J connectivity index is 2.38. The molecule has 0 aliphatic rings. The Labute approximate surface area is 383 Å². The topological polar surface area (TPSA) is 381 Å². The Kier molecular flexibility index (Phi) is 23.0. The number of hydrogen-bond donors (Lipinski definition) is 15. The van der Waals surface area contributed by atoms with Crippen LogP contribution in [0.2, 0.25) is 0 Å². The monoisotopic (exact) mass is 929 g/mol. The standard InChI is InChI=1S/C44H68N10O12/c1-24(2)19-31(36(60)44(3,4)5)50-40(64)34(22-56)53-38(62)30(17-12-25-8-13-27(58)14-9-25)49-39(63)32(20-26-10-15-28(59)16-11-26)51-41(65)35(23-57)54-42(66)33(21-55)52-37(61)29(45)7-6-18-48-43(46)47/h8-11,13-16,24,29-35,55-59H,6-7,12,17-23,45H2,1-5H3,(H,49,63)(H,50,64)(H,51,65)(H,52,61)(H,53,62)(H,54,66)(H4,46,47,48)/t29-,30-,31-,32-,33-,34-,35-/m1/s1. The highest BCUT2D eigenvalue weighted by Crippen LogP contribution is 2.21. The van der Waals surface area contributed by atoms with E-state index in [2.05, 4.69) is 37.2 Å². The van der Waals surface area contributed by atoms with Gasteiger partial charge in [0.15, 0.2) is 11.7 Å². The van der Waals surface area contributed by atoms with Crippen LogP contribution in [-0.2, 0) is 46.4 Å². The highest BCUT2D eigenvalue weighted by atomic mass is 16.3. The number of phenolic OH excluding ortho intramolecular Hbond substituents is 2. The number of phenols is 2. The molecule has 2 rings (SSSR count). The second-order valence-corrected chi connectivity index (χ2v) is 17.3. The third kappa shape index (κ3) is 19.4. The Hall–Kier alpha value is -6.36. The van der Waals surface area contributed by atoms with E-state index in [9.17, 15) is 59.1 Å². The number of aliphatic hydroxyl groups is 3. The first kappa shape index (κ1) is 55.8. The molecule has 366 valence electrons. The van der Waals surface area contributed by atoms with Crippen molar-refractivity contribution in [3.8, 4) is 11.5 Å². The summed E-state index contributed by atoms with van der Waals surface area (Å²) in [4.78, 5) is 94.5. The van der Waals surface area contributed by atoms with Crippen molar-refractivity contribution in [3.63, 3.8) is 0 Å². The van der Waals surface area contributed by atoms with Gasteiger partial charge in [0.2, 0.25) is 35.4 Å². The lowest BCUT2D eigenvalue weighted by molar-refractivity contribution is -0.137. The van der Waals surface area contributed by atoms with Crippen molar-refractivity contribution < 1.29 is 59.1 Å². The molecule has 0 spiro atoms. The molecule has 2 aromatic rings. The maximum absolute atomic E-state index is 14.2. The van der Waals surface area contributed by atoms with Crippen molar-refractivity contribution in [3.05, 3.63) is 59.7 Å². The number of nitrogens with two attached hydrogens (primary N) is 2. The number of amides is 6. The predicted molar refractivity (Wildman–Crippen MR) is 242 cm³/mol. The van der Waals surface area contributed by atoms with Crippen LogP contribution < -0.4 is 48.7 Å². The fourth-order valence-corrected chi connectivity index (χ4v) is 6.44. The summed E-state index contributed by atoms with van der Waals surface area (Å²) < 4.78 is 0. The molecule has 0 aromatic heterocycles. The van der Waals surface area contributed by atoms with Gasteiger partial charge in [-0.05, 0) is 73.4 Å². The average Bonchev–Trinajstić information content (AvgIpc) is 3.25. The normalized spacial score (nSPS) is 14.5. The van der Waals surface area contributed by atoms with Gasteiger partial charge in [-0.15, -0.1) is 0 Å². The number of guanidine groups is 1. The molecule has 6 amide bonds. The van der Waals surface area contributed by atoms with E-state index in [1.807, 2.05) is 13.8 Å². The van der Waals surface area contributed by atoms with E-state index in [0.29, 0.717) is 17.5 Å². The van der Waals surface area contributed by atoms with E-state index < -0.39 is 103 Å². The van der Waals surface area contributed by atoms with Crippen molar-refractivity contribution in [1.29, 1.82) is 5.41 Å². The summed E-state index contributed by atoms with van der Waals surface area (Å²) >= 11 is 0. The van der Waals surface area contributed by atoms with E-state index >= 15 is 0 Å². The molecular weight excluding hydrogens is 861 g/mol. The minimum Gasteiger partial charge on any atom is -0.508 e. The van der Waals surface area contributed by atoms with Crippen LogP contribution in [0.1, 0.15) is 71.4 Å². The van der Waals surface area contributed by atoms with Crippen LogP contribution in [0.15, 0.2) is 48.5 Å². The number of aryl methyl sites for hydroxylation is 1. The van der Waals surface area contributed by atoms with Gasteiger partial charge in [0.1, 0.15) is 41.7 Å². The number of carbonyl (C=O) groups is 7. The van der Waals surface area contributed by atoms with Gasteiger partial charge in [-0.2, -0.15) is 0 Å². The van der Waals surface area contributed by atoms with Crippen LogP contribution in [0.25, 0.3) is 0 Å². The van der Waals surface area contributed by atoms with Gasteiger partial charge >= 0.3 is 0 Å². The molecule has 17 N–H and O–H groups in total. The maximum atomic E-state index is 14.2. The molecule has 66 heavy (non-hydrogen) atoms. The van der Waals surface area contributed by atoms with E-state index in [1.54, 1.807) is 32.9 Å². The van der Waals surface area contributed by atoms with Gasteiger partial charge in [-0.3, -0.25) is 39.0 Å². The van der Waals surface area contributed by atoms with Crippen LogP contribution in [0.4, 0.5) is 0 Å². The largest absolute Gasteiger partial charge is 0.508 e. The zero-order valence-corrected chi connectivity index (χ0v) is 38.1. The van der Waals surface area contributed by atoms with Gasteiger partial charge in [-0.25, -0.2) is 0 Å². The highest BCUT2D eigenvalue weighted by molar-refractivity contribution is 5.98. The summed E-state index contributed by atoms with van der Waals surface area (Å²) in [5.41, 5.74) is 11.4. The Morgan fingerprint density at radius 3 is 1.42 bits per heavy atom. The quantitative estimate of drug-likeness (QED) is 0.0248. The molecule has 22 heteroatoms. The zero-order valence-electron chi connectivity index (χ0n) is 38.1. The summed E-state index contributed by atoms with van der Waals surface area (Å²) in [6.07, 6.45) is 0.510. The lowest BCUT2D eigenvalue weighted by Crippen LogP contribution is -2.61. The second kappa shape index (κ2) is 27.2. The van der Waals surface area contributed by atoms with Crippen molar-refractivity contribution in [2.45, 2.75) is 115 Å². The molecule has 0 aliphatic heterocycles. The molecule has 0 heterocycles. The molecule has 7 atom stereocenters. The molecule has 0 radical (unpaired) electrons. The number of aliphatic hydroxyl groups excluding tert-OH is 3. The minimum absolute atomic E-state index is 0.00359. The molecule has 0 saturated heterocycles. The molecule has 0 saturated carbocycles. The summed E-state index contributed by atoms with van der Waals surface area (Å²) in [5.74, 6) is -6.37. The van der Waals surface area contributed by atoms with Gasteiger partial charge in [-0.1, -0.05) is 58.9 Å². The number of aromatic hydroxyl groups is 2. The third-order valence-electron chi connectivity index (χ3n) is 10.2. The van der Waals surface area contributed by atoms with E-state index in [4.69, 9.17) is 16.9 Å². The molecule has 0 aliphatic carbocycles. The fourth-order valence-electron chi connectivity index (χ4n) is 6.44. The van der Waals surface area contributed by atoms with Crippen molar-refractivity contribution >= 4 is 47.2 Å². The first-order chi connectivity index (χ1) is 31.0. The SMILES string of the molecule is CC(C)C[C@@H](NC(=O)[C@@H](CO)NC(=O)[C@@H](CCc1ccc(O)cc1)NC(=O)[C@@H](Cc1ccc(O)cc1)NC(=O)[C@@H](CO)NC(=O)[C@@H](CO)NC(=O)[C@H](N)CCCNC(=N)N)C(=O)C(C)(C)C. The predicted octanol–water partition coefficient (Wildman–Crippen LogP) is -2.59. The number of carbonyl (C=O) groups excluding carboxylic acids is 7. The van der Waals surface area contributed by atoms with Crippen molar-refractivity contribution in [1.82, 2.24) is 37.2 Å². The Morgan fingerprint density at radius 2 is 0.985 bits per heavy atom. The first-order valence-corrected chi connectivity index (χ1v) is 21.6. The van der Waals surface area contributed by atoms with Crippen LogP contribution >= 0.6 is 0 Å². The summed E-state index contributed by atoms with van der Waals surface area (Å²) in [6, 6.07) is 1.66. The molecular formula is C44H68N10O12. The third-order valence-corrected chi connectivity index (χ3v) is 10.2. The van der Waals surface area contributed by atoms with Crippen LogP contribution in [0.5, 0.6) is 11.5 Å². The van der Waals surface area contributed by atoms with Gasteiger partial charge < -0.3 is 74.2 Å². The summed E-state index contributed by atoms with van der Waals surface area (Å²) in [5, 5.41) is 74.5. The number of hydrogen-bond acceptors (Lipinski definition) is 14. The summed E-state index contributed by atoms with van der Waals surface area (Å²) in [7, 11) is 0. The number of ketones is 1. The van der Waals surface area contributed by atoms with Gasteiger partial charge in [0, 0.05) is 18.4 Å².